The summed E-state index contributed by atoms with van der Waals surface area (Å²) in [6, 6.07) is 7.98. The number of hydrogen-bond acceptors (Lipinski definition) is 2. The summed E-state index contributed by atoms with van der Waals surface area (Å²) in [5.74, 6) is 0.447. The van der Waals surface area contributed by atoms with Gasteiger partial charge in [0.1, 0.15) is 5.82 Å². The first-order chi connectivity index (χ1) is 9.77. The quantitative estimate of drug-likeness (QED) is 0.914. The number of halogens is 1. The molecule has 1 aromatic carbocycles. The zero-order valence-electron chi connectivity index (χ0n) is 14.0. The summed E-state index contributed by atoms with van der Waals surface area (Å²) in [6.07, 6.45) is 0. The molecule has 2 nitrogen and oxygen atoms in total. The molecule has 21 heavy (non-hydrogen) atoms. The number of rotatable bonds is 3. The maximum atomic E-state index is 13.4. The normalized spacial score (nSPS) is 24.5. The van der Waals surface area contributed by atoms with E-state index in [1.54, 1.807) is 12.1 Å². The van der Waals surface area contributed by atoms with Crippen LogP contribution in [0.5, 0.6) is 0 Å². The number of benzene rings is 1. The Morgan fingerprint density at radius 3 is 2.62 bits per heavy atom. The second-order valence-electron chi connectivity index (χ2n) is 7.70. The molecule has 1 aromatic rings. The lowest BCUT2D eigenvalue weighted by Crippen LogP contribution is -2.61. The summed E-state index contributed by atoms with van der Waals surface area (Å²) in [5.41, 5.74) is 1.30. The van der Waals surface area contributed by atoms with Gasteiger partial charge in [-0.2, -0.15) is 0 Å². The van der Waals surface area contributed by atoms with Gasteiger partial charge in [0.25, 0.3) is 0 Å². The van der Waals surface area contributed by atoms with E-state index < -0.39 is 0 Å². The molecular weight excluding hydrogens is 263 g/mol. The van der Waals surface area contributed by atoms with Gasteiger partial charge in [-0.1, -0.05) is 46.8 Å². The molecule has 0 radical (unpaired) electrons. The lowest BCUT2D eigenvalue weighted by molar-refractivity contribution is 0.0571. The first-order valence-corrected chi connectivity index (χ1v) is 7.99. The summed E-state index contributed by atoms with van der Waals surface area (Å²) in [6.45, 7) is 14.2. The van der Waals surface area contributed by atoms with E-state index in [1.807, 2.05) is 6.07 Å². The van der Waals surface area contributed by atoms with Crippen LogP contribution in [0.3, 0.4) is 0 Å². The highest BCUT2D eigenvalue weighted by Crippen LogP contribution is 2.26. The summed E-state index contributed by atoms with van der Waals surface area (Å²) < 4.78 is 13.4. The number of hydrogen-bond donors (Lipinski definition) is 1. The second-order valence-corrected chi connectivity index (χ2v) is 7.70. The molecule has 1 aliphatic heterocycles. The fraction of sp³-hybridized carbons (Fsp3) is 0.667. The predicted octanol–water partition coefficient (Wildman–Crippen LogP) is 3.67. The first-order valence-electron chi connectivity index (χ1n) is 7.99. The van der Waals surface area contributed by atoms with Crippen LogP contribution in [0.1, 0.15) is 40.2 Å². The van der Waals surface area contributed by atoms with Crippen LogP contribution in [0.15, 0.2) is 24.3 Å². The Labute approximate surface area is 128 Å². The largest absolute Gasteiger partial charge is 0.311 e. The lowest BCUT2D eigenvalue weighted by atomic mass is 9.83. The van der Waals surface area contributed by atoms with Crippen molar-refractivity contribution < 1.29 is 4.39 Å². The van der Waals surface area contributed by atoms with Gasteiger partial charge in [-0.05, 0) is 29.0 Å². The van der Waals surface area contributed by atoms with Gasteiger partial charge < -0.3 is 5.32 Å². The van der Waals surface area contributed by atoms with E-state index in [2.05, 4.69) is 44.8 Å². The van der Waals surface area contributed by atoms with Gasteiger partial charge in [-0.25, -0.2) is 4.39 Å². The maximum absolute atomic E-state index is 13.4. The molecule has 0 bridgehead atoms. The van der Waals surface area contributed by atoms with Crippen molar-refractivity contribution in [3.05, 3.63) is 35.6 Å². The van der Waals surface area contributed by atoms with Crippen LogP contribution in [-0.4, -0.2) is 30.1 Å². The topological polar surface area (TPSA) is 15.3 Å². The van der Waals surface area contributed by atoms with Crippen LogP contribution in [0, 0.1) is 17.2 Å². The molecule has 118 valence electrons. The molecule has 0 aromatic heterocycles. The minimum atomic E-state index is -0.142. The summed E-state index contributed by atoms with van der Waals surface area (Å²) in [5, 5.41) is 3.70. The van der Waals surface area contributed by atoms with E-state index in [4.69, 9.17) is 0 Å². The maximum Gasteiger partial charge on any atom is 0.123 e. The number of nitrogens with zero attached hydrogens (tertiary/aromatic N) is 1. The molecule has 1 aliphatic rings. The van der Waals surface area contributed by atoms with Crippen molar-refractivity contribution in [2.24, 2.45) is 11.3 Å². The third-order valence-electron chi connectivity index (χ3n) is 4.55. The average molecular weight is 292 g/mol. The zero-order chi connectivity index (χ0) is 15.6. The van der Waals surface area contributed by atoms with E-state index in [0.29, 0.717) is 18.0 Å². The van der Waals surface area contributed by atoms with E-state index in [1.165, 1.54) is 6.07 Å². The highest BCUT2D eigenvalue weighted by atomic mass is 19.1. The Morgan fingerprint density at radius 1 is 1.33 bits per heavy atom. The molecule has 0 saturated carbocycles. The van der Waals surface area contributed by atoms with Crippen molar-refractivity contribution in [2.75, 3.05) is 13.1 Å². The standard InChI is InChI=1S/C18H29FN2/c1-13(2)16-10-20-17(18(3,4)5)12-21(16)11-14-7-6-8-15(19)9-14/h6-9,13,16-17,20H,10-12H2,1-5H3. The van der Waals surface area contributed by atoms with E-state index in [9.17, 15) is 4.39 Å². The molecule has 2 unspecified atom stereocenters. The SMILES string of the molecule is CC(C)C1CNC(C(C)(C)C)CN1Cc1cccc(F)c1. The van der Waals surface area contributed by atoms with Crippen LogP contribution in [-0.2, 0) is 6.54 Å². The molecule has 0 spiro atoms. The molecule has 0 amide bonds. The van der Waals surface area contributed by atoms with Crippen molar-refractivity contribution >= 4 is 0 Å². The zero-order valence-corrected chi connectivity index (χ0v) is 14.0. The van der Waals surface area contributed by atoms with Crippen LogP contribution < -0.4 is 5.32 Å². The highest BCUT2D eigenvalue weighted by Gasteiger charge is 2.35. The summed E-state index contributed by atoms with van der Waals surface area (Å²) in [7, 11) is 0. The van der Waals surface area contributed by atoms with E-state index >= 15 is 0 Å². The van der Waals surface area contributed by atoms with Gasteiger partial charge in [0.15, 0.2) is 0 Å². The first kappa shape index (κ1) is 16.4. The number of nitrogens with one attached hydrogen (secondary N) is 1. The van der Waals surface area contributed by atoms with Gasteiger partial charge >= 0.3 is 0 Å². The highest BCUT2D eigenvalue weighted by molar-refractivity contribution is 5.16. The van der Waals surface area contributed by atoms with E-state index in [0.717, 1.165) is 25.2 Å². The van der Waals surface area contributed by atoms with E-state index in [-0.39, 0.29) is 11.2 Å². The van der Waals surface area contributed by atoms with Crippen LogP contribution in [0.25, 0.3) is 0 Å². The van der Waals surface area contributed by atoms with Gasteiger partial charge in [0.2, 0.25) is 0 Å². The minimum absolute atomic E-state index is 0.142. The van der Waals surface area contributed by atoms with Gasteiger partial charge in [0, 0.05) is 31.7 Å². The summed E-state index contributed by atoms with van der Waals surface area (Å²) in [4.78, 5) is 2.52. The van der Waals surface area contributed by atoms with Crippen LogP contribution in [0.2, 0.25) is 0 Å². The van der Waals surface area contributed by atoms with Crippen molar-refractivity contribution in [1.29, 1.82) is 0 Å². The van der Waals surface area contributed by atoms with Crippen molar-refractivity contribution in [1.82, 2.24) is 10.2 Å². The Bertz CT molecular complexity index is 465. The molecule has 1 fully saturated rings. The smallest absolute Gasteiger partial charge is 0.123 e. The average Bonchev–Trinajstić information content (AvgIpc) is 2.37. The number of piperazine rings is 1. The van der Waals surface area contributed by atoms with Crippen molar-refractivity contribution in [3.8, 4) is 0 Å². The molecule has 1 N–H and O–H groups in total. The van der Waals surface area contributed by atoms with Crippen LogP contribution >= 0.6 is 0 Å². The molecule has 2 atom stereocenters. The Hall–Kier alpha value is -0.930. The summed E-state index contributed by atoms with van der Waals surface area (Å²) >= 11 is 0. The van der Waals surface area contributed by atoms with Gasteiger partial charge in [-0.15, -0.1) is 0 Å². The second kappa shape index (κ2) is 6.45. The fourth-order valence-corrected chi connectivity index (χ4v) is 3.12. The Balaban J connectivity index is 2.14. The molecule has 1 saturated heterocycles. The Morgan fingerprint density at radius 2 is 2.05 bits per heavy atom. The van der Waals surface area contributed by atoms with Crippen LogP contribution in [0.4, 0.5) is 4.39 Å². The molecule has 2 rings (SSSR count). The van der Waals surface area contributed by atoms with Crippen molar-refractivity contribution in [3.63, 3.8) is 0 Å². The van der Waals surface area contributed by atoms with Crippen molar-refractivity contribution in [2.45, 2.75) is 53.2 Å². The molecule has 1 heterocycles. The third kappa shape index (κ3) is 4.27. The molecular formula is C18H29FN2. The fourth-order valence-electron chi connectivity index (χ4n) is 3.12. The van der Waals surface area contributed by atoms with Gasteiger partial charge in [0.05, 0.1) is 0 Å². The Kier molecular flexibility index (Phi) is 5.05. The monoisotopic (exact) mass is 292 g/mol. The minimum Gasteiger partial charge on any atom is -0.311 e. The predicted molar refractivity (Wildman–Crippen MR) is 86.7 cm³/mol. The van der Waals surface area contributed by atoms with Gasteiger partial charge in [-0.3, -0.25) is 4.90 Å². The lowest BCUT2D eigenvalue weighted by Gasteiger charge is -2.46. The molecule has 3 heteroatoms. The third-order valence-corrected chi connectivity index (χ3v) is 4.55. The molecule has 0 aliphatic carbocycles.